The number of hydrogen-bond acceptors (Lipinski definition) is 3. The van der Waals surface area contributed by atoms with Gasteiger partial charge >= 0.3 is 49.4 Å². The molecule has 0 bridgehead atoms. The summed E-state index contributed by atoms with van der Waals surface area (Å²) in [5.74, 6) is 0. The summed E-state index contributed by atoms with van der Waals surface area (Å²) >= 11 is 0. The molecule has 0 N–H and O–H groups in total. The first-order chi connectivity index (χ1) is 46.5. The van der Waals surface area contributed by atoms with Crippen LogP contribution < -0.4 is 0 Å². The topological polar surface area (TPSA) is 81.2 Å². The van der Waals surface area contributed by atoms with Gasteiger partial charge in [-0.1, -0.05) is 48.5 Å². The van der Waals surface area contributed by atoms with E-state index < -0.39 is 144 Å². The van der Waals surface area contributed by atoms with Gasteiger partial charge in [0.15, 0.2) is 0 Å². The van der Waals surface area contributed by atoms with Crippen LogP contribution in [0.3, 0.4) is 0 Å². The second-order valence-corrected chi connectivity index (χ2v) is 22.6. The molecular formula is C71H29F24N5. The Balaban J connectivity index is 1.24. The smallest absolute Gasteiger partial charge is 0.308 e. The van der Waals surface area contributed by atoms with Gasteiger partial charge in [0.2, 0.25) is 0 Å². The molecule has 0 unspecified atom stereocenters. The Bertz CT molecular complexity index is 4940. The fourth-order valence-corrected chi connectivity index (χ4v) is 12.3. The second kappa shape index (κ2) is 23.4. The van der Waals surface area contributed by atoms with Crippen LogP contribution in [0.4, 0.5) is 105 Å². The molecule has 2 aromatic heterocycles. The standard InChI is InChI=1S/C71H29F24N5/c72-64(73,74)41-5-9-45(53(26-41)68(84,85)86)36-1-13-57-49(22-36)50-23-37(46-10-6-42(65(75,76)77)27-54(46)69(87,88)89)2-14-58(50)99(57)61-20-35(32-98)21-62(63(61)40-18-33(30-96)17-34(19-40)31-97)100-59-15-3-38(47-11-7-43(66(78,79)80)28-55(47)70(90,91)92)24-51(59)52-25-39(4-16-60(52)100)48-12-8-44(67(81,82)83)29-56(48)71(93,94)95/h1-29H. The number of nitriles is 3. The lowest BCUT2D eigenvalue weighted by molar-refractivity contribution is -0.144. The highest BCUT2D eigenvalue weighted by Crippen LogP contribution is 2.51. The van der Waals surface area contributed by atoms with Gasteiger partial charge in [0, 0.05) is 27.1 Å². The van der Waals surface area contributed by atoms with Gasteiger partial charge in [-0.25, -0.2) is 0 Å². The first kappa shape index (κ1) is 68.5. The Morgan fingerprint density at radius 1 is 0.230 bits per heavy atom. The third-order valence-corrected chi connectivity index (χ3v) is 16.6. The average Bonchev–Trinajstić information content (AvgIpc) is 1.54. The summed E-state index contributed by atoms with van der Waals surface area (Å²) in [6.07, 6.45) is -43.4. The predicted molar refractivity (Wildman–Crippen MR) is 316 cm³/mol. The van der Waals surface area contributed by atoms with E-state index >= 15 is 0 Å². The summed E-state index contributed by atoms with van der Waals surface area (Å²) in [4.78, 5) is 0. The molecule has 506 valence electrons. The molecule has 0 spiro atoms. The molecule has 0 atom stereocenters. The molecule has 0 aliphatic carbocycles. The predicted octanol–water partition coefficient (Wildman–Crippen LogP) is 24.0. The molecular weight excluding hydrogens is 1380 g/mol. The molecule has 100 heavy (non-hydrogen) atoms. The SMILES string of the molecule is N#Cc1cc(C#N)cc(-c2c(-n3c4ccc(-c5ccc(C(F)(F)F)cc5C(F)(F)F)cc4c4cc(-c5ccc(C(F)(F)F)cc5C(F)(F)F)ccc43)cc(C#N)cc2-n2c3ccc(-c4ccc(C(F)(F)F)cc4C(F)(F)F)cc3c3cc(-c4ccc(C(F)(F)F)cc4C(F)(F)F)ccc32)c1. The minimum atomic E-state index is -5.52. The first-order valence-electron chi connectivity index (χ1n) is 28.3. The summed E-state index contributed by atoms with van der Waals surface area (Å²) in [7, 11) is 0. The first-order valence-corrected chi connectivity index (χ1v) is 28.3. The van der Waals surface area contributed by atoms with Crippen molar-refractivity contribution in [3.8, 4) is 85.2 Å². The van der Waals surface area contributed by atoms with Crippen molar-refractivity contribution in [2.75, 3.05) is 0 Å². The van der Waals surface area contributed by atoms with Crippen LogP contribution in [0.5, 0.6) is 0 Å². The molecule has 10 aromatic carbocycles. The van der Waals surface area contributed by atoms with E-state index in [1.165, 1.54) is 21.3 Å². The molecule has 0 amide bonds. The third-order valence-electron chi connectivity index (χ3n) is 16.6. The lowest BCUT2D eigenvalue weighted by Crippen LogP contribution is -2.12. The molecule has 5 nitrogen and oxygen atoms in total. The average molecular weight is 1410 g/mol. The lowest BCUT2D eigenvalue weighted by Gasteiger charge is -2.21. The van der Waals surface area contributed by atoms with Gasteiger partial charge in [-0.2, -0.15) is 121 Å². The van der Waals surface area contributed by atoms with Crippen molar-refractivity contribution in [1.29, 1.82) is 15.8 Å². The Labute approximate surface area is 544 Å². The number of nitrogens with zero attached hydrogens (tertiary/aromatic N) is 5. The van der Waals surface area contributed by atoms with Crippen molar-refractivity contribution < 1.29 is 105 Å². The van der Waals surface area contributed by atoms with Crippen molar-refractivity contribution in [3.05, 3.63) is 237 Å². The highest BCUT2D eigenvalue weighted by molar-refractivity contribution is 6.15. The van der Waals surface area contributed by atoms with Crippen molar-refractivity contribution in [2.45, 2.75) is 49.4 Å². The quantitative estimate of drug-likeness (QED) is 0.149. The van der Waals surface area contributed by atoms with Crippen LogP contribution in [-0.4, -0.2) is 9.13 Å². The fraction of sp³-hybridized carbons (Fsp3) is 0.113. The van der Waals surface area contributed by atoms with Crippen LogP contribution >= 0.6 is 0 Å². The molecule has 12 rings (SSSR count). The molecule has 0 aliphatic heterocycles. The summed E-state index contributed by atoms with van der Waals surface area (Å²) in [6.45, 7) is 0. The van der Waals surface area contributed by atoms with Gasteiger partial charge in [-0.15, -0.1) is 0 Å². The number of benzene rings is 10. The zero-order chi connectivity index (χ0) is 72.7. The zero-order valence-electron chi connectivity index (χ0n) is 49.1. The Morgan fingerprint density at radius 2 is 0.460 bits per heavy atom. The summed E-state index contributed by atoms with van der Waals surface area (Å²) in [5, 5.41) is 30.8. The molecule has 0 saturated carbocycles. The molecule has 0 fully saturated rings. The maximum atomic E-state index is 15.0. The monoisotopic (exact) mass is 1410 g/mol. The van der Waals surface area contributed by atoms with E-state index in [0.29, 0.717) is 48.5 Å². The fourth-order valence-electron chi connectivity index (χ4n) is 12.3. The molecule has 29 heteroatoms. The van der Waals surface area contributed by atoms with E-state index in [9.17, 15) is 121 Å². The van der Waals surface area contributed by atoms with E-state index in [-0.39, 0.29) is 102 Å². The maximum absolute atomic E-state index is 15.0. The maximum Gasteiger partial charge on any atom is 0.417 e. The Kier molecular flexibility index (Phi) is 16.0. The lowest BCUT2D eigenvalue weighted by atomic mass is 9.94. The Morgan fingerprint density at radius 3 is 0.670 bits per heavy atom. The minimum absolute atomic E-state index is 0.185. The zero-order valence-corrected chi connectivity index (χ0v) is 49.1. The number of fused-ring (bicyclic) bond motifs is 6. The van der Waals surface area contributed by atoms with Gasteiger partial charge in [0.1, 0.15) is 0 Å². The minimum Gasteiger partial charge on any atom is -0.308 e. The molecule has 0 saturated heterocycles. The van der Waals surface area contributed by atoms with Crippen LogP contribution in [0.1, 0.15) is 61.2 Å². The molecule has 2 heterocycles. The number of hydrogen-bond donors (Lipinski definition) is 0. The molecule has 0 aliphatic rings. The highest BCUT2D eigenvalue weighted by atomic mass is 19.4. The van der Waals surface area contributed by atoms with Crippen molar-refractivity contribution in [3.63, 3.8) is 0 Å². The van der Waals surface area contributed by atoms with Gasteiger partial charge < -0.3 is 9.13 Å². The van der Waals surface area contributed by atoms with Gasteiger partial charge in [-0.05, 0) is 177 Å². The van der Waals surface area contributed by atoms with Crippen LogP contribution in [-0.2, 0) is 49.4 Å². The van der Waals surface area contributed by atoms with E-state index in [4.69, 9.17) is 0 Å². The largest absolute Gasteiger partial charge is 0.417 e. The van der Waals surface area contributed by atoms with Gasteiger partial charge in [0.05, 0.1) is 113 Å². The van der Waals surface area contributed by atoms with Gasteiger partial charge in [0.25, 0.3) is 0 Å². The number of rotatable bonds is 7. The third kappa shape index (κ3) is 12.4. The van der Waals surface area contributed by atoms with Crippen LogP contribution in [0.15, 0.2) is 176 Å². The highest BCUT2D eigenvalue weighted by Gasteiger charge is 2.43. The van der Waals surface area contributed by atoms with Crippen molar-refractivity contribution in [1.82, 2.24) is 9.13 Å². The molecule has 0 radical (unpaired) electrons. The van der Waals surface area contributed by atoms with E-state index in [0.717, 1.165) is 91.0 Å². The number of alkyl halides is 24. The van der Waals surface area contributed by atoms with Gasteiger partial charge in [-0.3, -0.25) is 0 Å². The summed E-state index contributed by atoms with van der Waals surface area (Å²) in [6, 6.07) is 26.1. The van der Waals surface area contributed by atoms with E-state index in [2.05, 4.69) is 0 Å². The normalized spacial score (nSPS) is 13.0. The van der Waals surface area contributed by atoms with Crippen molar-refractivity contribution >= 4 is 43.6 Å². The number of aromatic nitrogens is 2. The van der Waals surface area contributed by atoms with E-state index in [1.807, 2.05) is 18.2 Å². The van der Waals surface area contributed by atoms with E-state index in [1.54, 1.807) is 0 Å². The van der Waals surface area contributed by atoms with Crippen LogP contribution in [0, 0.1) is 34.0 Å². The second-order valence-electron chi connectivity index (χ2n) is 22.6. The van der Waals surface area contributed by atoms with Crippen molar-refractivity contribution in [2.24, 2.45) is 0 Å². The number of halogens is 24. The summed E-state index contributed by atoms with van der Waals surface area (Å²) < 4.78 is 350. The van der Waals surface area contributed by atoms with Crippen LogP contribution in [0.25, 0.3) is 111 Å². The summed E-state index contributed by atoms with van der Waals surface area (Å²) in [5.41, 5.74) is -22.7. The molecule has 12 aromatic rings. The Hall–Kier alpha value is -11.4. The van der Waals surface area contributed by atoms with Crippen LogP contribution in [0.2, 0.25) is 0 Å².